The highest BCUT2D eigenvalue weighted by molar-refractivity contribution is 5.15. The molecule has 0 aliphatic carbocycles. The second-order valence-corrected chi connectivity index (χ2v) is 5.71. The summed E-state index contributed by atoms with van der Waals surface area (Å²) in [6, 6.07) is 7.28. The van der Waals surface area contributed by atoms with Gasteiger partial charge in [-0.3, -0.25) is 4.98 Å². The highest BCUT2D eigenvalue weighted by Gasteiger charge is 2.24. The molecule has 0 amide bonds. The van der Waals surface area contributed by atoms with E-state index in [1.165, 1.54) is 25.0 Å². The molecule has 2 aromatic rings. The first-order valence-electron chi connectivity index (χ1n) is 7.44. The van der Waals surface area contributed by atoms with Crippen LogP contribution in [0.1, 0.15) is 56.6 Å². The van der Waals surface area contributed by atoms with E-state index in [1.54, 1.807) is 0 Å². The monoisotopic (exact) mass is 270 g/mol. The molecule has 4 heteroatoms. The van der Waals surface area contributed by atoms with E-state index in [4.69, 9.17) is 0 Å². The molecule has 1 aliphatic rings. The van der Waals surface area contributed by atoms with Gasteiger partial charge in [0.25, 0.3) is 0 Å². The van der Waals surface area contributed by atoms with Gasteiger partial charge < -0.3 is 9.88 Å². The number of imidazole rings is 1. The third kappa shape index (κ3) is 2.61. The van der Waals surface area contributed by atoms with E-state index in [0.717, 1.165) is 5.69 Å². The fourth-order valence-corrected chi connectivity index (χ4v) is 3.05. The van der Waals surface area contributed by atoms with Crippen LogP contribution in [0, 0.1) is 0 Å². The van der Waals surface area contributed by atoms with Crippen molar-refractivity contribution in [3.63, 3.8) is 0 Å². The van der Waals surface area contributed by atoms with Crippen molar-refractivity contribution in [2.45, 2.75) is 51.2 Å². The zero-order valence-corrected chi connectivity index (χ0v) is 12.2. The summed E-state index contributed by atoms with van der Waals surface area (Å²) >= 11 is 0. The van der Waals surface area contributed by atoms with Crippen LogP contribution in [0.5, 0.6) is 0 Å². The van der Waals surface area contributed by atoms with Crippen molar-refractivity contribution in [2.24, 2.45) is 0 Å². The minimum atomic E-state index is 0.215. The van der Waals surface area contributed by atoms with Crippen LogP contribution in [-0.2, 0) is 0 Å². The van der Waals surface area contributed by atoms with E-state index in [1.807, 2.05) is 30.9 Å². The Bertz CT molecular complexity index is 549. The molecule has 1 fully saturated rings. The van der Waals surface area contributed by atoms with Gasteiger partial charge in [-0.15, -0.1) is 0 Å². The molecule has 106 valence electrons. The Balaban J connectivity index is 1.86. The molecular weight excluding hydrogens is 248 g/mol. The van der Waals surface area contributed by atoms with Gasteiger partial charge in [-0.2, -0.15) is 0 Å². The summed E-state index contributed by atoms with van der Waals surface area (Å²) in [5.74, 6) is 0. The van der Waals surface area contributed by atoms with E-state index in [-0.39, 0.29) is 6.04 Å². The molecule has 0 spiro atoms. The fraction of sp³-hybridized carbons (Fsp3) is 0.500. The molecule has 1 N–H and O–H groups in total. The van der Waals surface area contributed by atoms with Crippen LogP contribution in [-0.4, -0.2) is 20.6 Å². The lowest BCUT2D eigenvalue weighted by Gasteiger charge is -2.30. The summed E-state index contributed by atoms with van der Waals surface area (Å²) in [6.07, 6.45) is 9.50. The maximum absolute atomic E-state index is 4.47. The third-order valence-corrected chi connectivity index (χ3v) is 4.20. The van der Waals surface area contributed by atoms with Crippen LogP contribution in [0.3, 0.4) is 0 Å². The Morgan fingerprint density at radius 2 is 2.25 bits per heavy atom. The predicted octanol–water partition coefficient (Wildman–Crippen LogP) is 3.09. The minimum Gasteiger partial charge on any atom is -0.324 e. The van der Waals surface area contributed by atoms with Gasteiger partial charge in [0, 0.05) is 24.5 Å². The highest BCUT2D eigenvalue weighted by Crippen LogP contribution is 2.28. The number of hydrogen-bond donors (Lipinski definition) is 1. The van der Waals surface area contributed by atoms with E-state index >= 15 is 0 Å². The van der Waals surface area contributed by atoms with Crippen molar-refractivity contribution < 1.29 is 0 Å². The van der Waals surface area contributed by atoms with Gasteiger partial charge in [0.15, 0.2) is 0 Å². The molecule has 4 nitrogen and oxygen atoms in total. The second kappa shape index (κ2) is 5.75. The van der Waals surface area contributed by atoms with E-state index < -0.39 is 0 Å². The van der Waals surface area contributed by atoms with Gasteiger partial charge in [0.2, 0.25) is 0 Å². The Morgan fingerprint density at radius 1 is 1.35 bits per heavy atom. The standard InChI is InChI=1S/C16H22N4/c1-12-6-5-8-15(19-12)16-10-17-11-20(16)13(2)14-7-3-4-9-18-14/h3-4,7,9-13,15,19H,5-6,8H2,1-2H3. The lowest BCUT2D eigenvalue weighted by molar-refractivity contribution is 0.327. The van der Waals surface area contributed by atoms with Crippen molar-refractivity contribution >= 4 is 0 Å². The maximum atomic E-state index is 4.47. The average Bonchev–Trinajstić information content (AvgIpc) is 2.97. The average molecular weight is 270 g/mol. The van der Waals surface area contributed by atoms with Crippen molar-refractivity contribution in [2.75, 3.05) is 0 Å². The Labute approximate surface area is 120 Å². The Morgan fingerprint density at radius 3 is 3.00 bits per heavy atom. The van der Waals surface area contributed by atoms with Gasteiger partial charge in [-0.05, 0) is 45.2 Å². The first-order chi connectivity index (χ1) is 9.75. The van der Waals surface area contributed by atoms with Gasteiger partial charge >= 0.3 is 0 Å². The molecule has 3 atom stereocenters. The summed E-state index contributed by atoms with van der Waals surface area (Å²) in [4.78, 5) is 8.83. The summed E-state index contributed by atoms with van der Waals surface area (Å²) in [5.41, 5.74) is 2.35. The first-order valence-corrected chi connectivity index (χ1v) is 7.44. The summed E-state index contributed by atoms with van der Waals surface area (Å²) in [6.45, 7) is 4.44. The summed E-state index contributed by atoms with van der Waals surface area (Å²) in [7, 11) is 0. The normalized spacial score (nSPS) is 24.5. The number of piperidine rings is 1. The van der Waals surface area contributed by atoms with E-state index in [2.05, 4.69) is 39.8 Å². The number of pyridine rings is 1. The molecule has 0 aromatic carbocycles. The van der Waals surface area contributed by atoms with Crippen LogP contribution in [0.2, 0.25) is 0 Å². The fourth-order valence-electron chi connectivity index (χ4n) is 3.05. The number of hydrogen-bond acceptors (Lipinski definition) is 3. The number of aromatic nitrogens is 3. The third-order valence-electron chi connectivity index (χ3n) is 4.20. The molecule has 3 unspecified atom stereocenters. The molecule has 20 heavy (non-hydrogen) atoms. The van der Waals surface area contributed by atoms with Crippen LogP contribution in [0.25, 0.3) is 0 Å². The van der Waals surface area contributed by atoms with Gasteiger partial charge in [-0.1, -0.05) is 6.07 Å². The molecule has 1 aliphatic heterocycles. The van der Waals surface area contributed by atoms with Crippen LogP contribution < -0.4 is 5.32 Å². The quantitative estimate of drug-likeness (QED) is 0.932. The Kier molecular flexibility index (Phi) is 3.83. The van der Waals surface area contributed by atoms with Crippen molar-refractivity contribution in [3.8, 4) is 0 Å². The van der Waals surface area contributed by atoms with Gasteiger partial charge in [0.1, 0.15) is 0 Å². The molecule has 1 saturated heterocycles. The van der Waals surface area contributed by atoms with Crippen molar-refractivity contribution in [1.29, 1.82) is 0 Å². The van der Waals surface area contributed by atoms with Gasteiger partial charge in [0.05, 0.1) is 23.8 Å². The van der Waals surface area contributed by atoms with Gasteiger partial charge in [-0.25, -0.2) is 4.98 Å². The van der Waals surface area contributed by atoms with Crippen LogP contribution in [0.15, 0.2) is 36.9 Å². The number of rotatable bonds is 3. The lowest BCUT2D eigenvalue weighted by atomic mass is 9.97. The largest absolute Gasteiger partial charge is 0.324 e. The minimum absolute atomic E-state index is 0.215. The molecule has 3 rings (SSSR count). The maximum Gasteiger partial charge on any atom is 0.0954 e. The SMILES string of the molecule is CC1CCCC(c2cncn2C(C)c2ccccn2)N1. The summed E-state index contributed by atoms with van der Waals surface area (Å²) < 4.78 is 2.25. The number of nitrogens with zero attached hydrogens (tertiary/aromatic N) is 3. The van der Waals surface area contributed by atoms with E-state index in [9.17, 15) is 0 Å². The van der Waals surface area contributed by atoms with Crippen molar-refractivity contribution in [1.82, 2.24) is 19.9 Å². The molecule has 0 saturated carbocycles. The first kappa shape index (κ1) is 13.3. The summed E-state index contributed by atoms with van der Waals surface area (Å²) in [5, 5.41) is 3.68. The molecule has 2 aromatic heterocycles. The predicted molar refractivity (Wildman–Crippen MR) is 79.5 cm³/mol. The molecule has 3 heterocycles. The topological polar surface area (TPSA) is 42.7 Å². The van der Waals surface area contributed by atoms with E-state index in [0.29, 0.717) is 12.1 Å². The smallest absolute Gasteiger partial charge is 0.0954 e. The van der Waals surface area contributed by atoms with Crippen LogP contribution in [0.4, 0.5) is 0 Å². The zero-order chi connectivity index (χ0) is 13.9. The second-order valence-electron chi connectivity index (χ2n) is 5.71. The van der Waals surface area contributed by atoms with Crippen molar-refractivity contribution in [3.05, 3.63) is 48.3 Å². The number of nitrogens with one attached hydrogen (secondary N) is 1. The molecular formula is C16H22N4. The van der Waals surface area contributed by atoms with Crippen LogP contribution >= 0.6 is 0 Å². The molecule has 0 radical (unpaired) electrons. The molecule has 0 bridgehead atoms. The highest BCUT2D eigenvalue weighted by atomic mass is 15.1. The zero-order valence-electron chi connectivity index (χ0n) is 12.2. The Hall–Kier alpha value is -1.68. The lowest BCUT2D eigenvalue weighted by Crippen LogP contribution is -2.35.